The molecule has 0 N–H and O–H groups in total. The minimum atomic E-state index is -0.770. The second-order valence-corrected chi connectivity index (χ2v) is 18.4. The van der Waals surface area contributed by atoms with E-state index >= 15 is 0 Å². The van der Waals surface area contributed by atoms with Crippen LogP contribution in [-0.2, 0) is 28.5 Å². The van der Waals surface area contributed by atoms with Gasteiger partial charge in [-0.3, -0.25) is 9.59 Å². The van der Waals surface area contributed by atoms with Crippen LogP contribution in [0.2, 0.25) is 0 Å². The van der Waals surface area contributed by atoms with E-state index in [1.807, 2.05) is 34.6 Å². The normalized spacial score (nSPS) is 29.3. The van der Waals surface area contributed by atoms with Crippen molar-refractivity contribution in [3.05, 3.63) is 0 Å². The molecule has 0 aromatic rings. The van der Waals surface area contributed by atoms with Crippen LogP contribution in [0.1, 0.15) is 160 Å². The third-order valence-corrected chi connectivity index (χ3v) is 12.7. The molecular weight excluding hydrogens is 576 g/mol. The Morgan fingerprint density at radius 3 is 1.67 bits per heavy atom. The molecule has 0 bridgehead atoms. The van der Waals surface area contributed by atoms with Gasteiger partial charge in [-0.05, 0) is 154 Å². The van der Waals surface area contributed by atoms with Crippen LogP contribution < -0.4 is 0 Å². The molecule has 3 atom stereocenters. The summed E-state index contributed by atoms with van der Waals surface area (Å²) in [4.78, 5) is 26.0. The van der Waals surface area contributed by atoms with Gasteiger partial charge in [-0.1, -0.05) is 41.0 Å². The molecule has 3 fully saturated rings. The van der Waals surface area contributed by atoms with Crippen LogP contribution in [0.15, 0.2) is 0 Å². The van der Waals surface area contributed by atoms with Gasteiger partial charge >= 0.3 is 11.9 Å². The van der Waals surface area contributed by atoms with E-state index in [0.717, 1.165) is 57.3 Å². The molecule has 0 heterocycles. The zero-order valence-electron chi connectivity index (χ0n) is 32.0. The van der Waals surface area contributed by atoms with E-state index in [1.165, 1.54) is 25.7 Å². The smallest absolute Gasteiger partial charge is 0.314 e. The summed E-state index contributed by atoms with van der Waals surface area (Å²) in [7, 11) is 0. The molecule has 268 valence electrons. The summed E-state index contributed by atoms with van der Waals surface area (Å²) in [6.07, 6.45) is 13.7. The first-order valence-electron chi connectivity index (χ1n) is 18.9. The number of hydrogen-bond donors (Lipinski definition) is 0. The van der Waals surface area contributed by atoms with Crippen molar-refractivity contribution in [2.75, 3.05) is 13.2 Å². The number of esters is 2. The molecule has 0 aliphatic heterocycles. The topological polar surface area (TPSA) is 71.1 Å². The first kappa shape index (κ1) is 39.3. The van der Waals surface area contributed by atoms with Crippen LogP contribution in [0.4, 0.5) is 0 Å². The summed E-state index contributed by atoms with van der Waals surface area (Å²) in [5.41, 5.74) is -1.20. The Hall–Kier alpha value is -1.14. The average molecular weight is 649 g/mol. The summed E-state index contributed by atoms with van der Waals surface area (Å²) >= 11 is 0. The van der Waals surface area contributed by atoms with Crippen LogP contribution >= 0.6 is 0 Å². The zero-order valence-corrected chi connectivity index (χ0v) is 32.0. The van der Waals surface area contributed by atoms with E-state index in [9.17, 15) is 9.59 Å². The Labute approximate surface area is 283 Å². The Morgan fingerprint density at radius 2 is 1.17 bits per heavy atom. The van der Waals surface area contributed by atoms with Gasteiger partial charge in [-0.15, -0.1) is 0 Å². The minimum absolute atomic E-state index is 0.00854. The average Bonchev–Trinajstić information content (AvgIpc) is 2.98. The van der Waals surface area contributed by atoms with Gasteiger partial charge in [0.25, 0.3) is 0 Å². The van der Waals surface area contributed by atoms with E-state index in [4.69, 9.17) is 18.9 Å². The third kappa shape index (κ3) is 10.7. The number of hydrogen-bond acceptors (Lipinski definition) is 6. The monoisotopic (exact) mass is 649 g/mol. The van der Waals surface area contributed by atoms with Crippen LogP contribution in [0, 0.1) is 46.3 Å². The van der Waals surface area contributed by atoms with Crippen molar-refractivity contribution < 1.29 is 28.5 Å². The second kappa shape index (κ2) is 16.0. The standard InChI is InChI=1S/C40H72O6/c1-27(2)28(3)35(41)43-25-29-14-13-15-30(24-29)26-44-40(11,12)39(9,10)36(42)45-33-20-16-31(17-21-33)38(7,8)32-18-22-34(23-19-32)46-37(4,5)6/h27-34H,13-26H2,1-12H3. The predicted molar refractivity (Wildman–Crippen MR) is 186 cm³/mol. The molecule has 46 heavy (non-hydrogen) atoms. The third-order valence-electron chi connectivity index (χ3n) is 12.7. The summed E-state index contributed by atoms with van der Waals surface area (Å²) in [5, 5.41) is 0. The van der Waals surface area contributed by atoms with Crippen LogP contribution in [0.3, 0.4) is 0 Å². The largest absolute Gasteiger partial charge is 0.465 e. The number of ether oxygens (including phenoxy) is 4. The van der Waals surface area contributed by atoms with Gasteiger partial charge in [0.1, 0.15) is 6.10 Å². The van der Waals surface area contributed by atoms with Gasteiger partial charge in [0.2, 0.25) is 0 Å². The van der Waals surface area contributed by atoms with Crippen LogP contribution in [-0.4, -0.2) is 48.6 Å². The molecule has 3 aliphatic carbocycles. The second-order valence-electron chi connectivity index (χ2n) is 18.4. The van der Waals surface area contributed by atoms with E-state index < -0.39 is 11.0 Å². The highest BCUT2D eigenvalue weighted by Gasteiger charge is 2.48. The SMILES string of the molecule is CC(C)C(C)C(=O)OCC1CCCC(COC(C)(C)C(C)(C)C(=O)OC2CCC(C(C)(C)C3CCC(OC(C)(C)C)CC3)CC2)C1. The fourth-order valence-corrected chi connectivity index (χ4v) is 8.04. The number of rotatable bonds is 13. The maximum Gasteiger partial charge on any atom is 0.314 e. The van der Waals surface area contributed by atoms with Gasteiger partial charge in [0, 0.05) is 0 Å². The highest BCUT2D eigenvalue weighted by Crippen LogP contribution is 2.49. The van der Waals surface area contributed by atoms with Crippen molar-refractivity contribution in [1.82, 2.24) is 0 Å². The molecule has 0 spiro atoms. The molecule has 6 heteroatoms. The lowest BCUT2D eigenvalue weighted by atomic mass is 9.60. The molecule has 6 nitrogen and oxygen atoms in total. The summed E-state index contributed by atoms with van der Waals surface area (Å²) < 4.78 is 24.7. The number of carbonyl (C=O) groups is 2. The van der Waals surface area contributed by atoms with E-state index in [2.05, 4.69) is 48.5 Å². The fraction of sp³-hybridized carbons (Fsp3) is 0.950. The molecular formula is C40H72O6. The maximum atomic E-state index is 13.6. The summed E-state index contributed by atoms with van der Waals surface area (Å²) in [5.74, 6) is 2.17. The molecule has 0 aromatic carbocycles. The lowest BCUT2D eigenvalue weighted by molar-refractivity contribution is -0.184. The fourth-order valence-electron chi connectivity index (χ4n) is 8.04. The first-order chi connectivity index (χ1) is 21.2. The van der Waals surface area contributed by atoms with Crippen LogP contribution in [0.25, 0.3) is 0 Å². The number of carbonyl (C=O) groups excluding carboxylic acids is 2. The van der Waals surface area contributed by atoms with Crippen molar-refractivity contribution in [3.63, 3.8) is 0 Å². The summed E-state index contributed by atoms with van der Waals surface area (Å²) in [6, 6.07) is 0. The minimum Gasteiger partial charge on any atom is -0.465 e. The molecule has 3 rings (SSSR count). The molecule has 0 saturated heterocycles. The van der Waals surface area contributed by atoms with Crippen molar-refractivity contribution >= 4 is 11.9 Å². The van der Waals surface area contributed by atoms with Crippen molar-refractivity contribution in [1.29, 1.82) is 0 Å². The Bertz CT molecular complexity index is 959. The zero-order chi connectivity index (χ0) is 34.5. The molecule has 0 radical (unpaired) electrons. The molecule has 0 aromatic heterocycles. The highest BCUT2D eigenvalue weighted by atomic mass is 16.6. The quantitative estimate of drug-likeness (QED) is 0.185. The molecule has 3 unspecified atom stereocenters. The van der Waals surface area contributed by atoms with E-state index in [1.54, 1.807) is 0 Å². The van der Waals surface area contributed by atoms with Gasteiger partial charge in [0.15, 0.2) is 0 Å². The lowest BCUT2D eigenvalue weighted by Crippen LogP contribution is -2.50. The van der Waals surface area contributed by atoms with Crippen LogP contribution in [0.5, 0.6) is 0 Å². The van der Waals surface area contributed by atoms with E-state index in [-0.39, 0.29) is 35.5 Å². The van der Waals surface area contributed by atoms with Crippen molar-refractivity contribution in [3.8, 4) is 0 Å². The predicted octanol–water partition coefficient (Wildman–Crippen LogP) is 9.95. The molecule has 3 aliphatic rings. The van der Waals surface area contributed by atoms with Gasteiger partial charge < -0.3 is 18.9 Å². The molecule has 3 saturated carbocycles. The van der Waals surface area contributed by atoms with Crippen molar-refractivity contribution in [2.24, 2.45) is 46.3 Å². The van der Waals surface area contributed by atoms with Crippen molar-refractivity contribution in [2.45, 2.75) is 184 Å². The Kier molecular flexibility index (Phi) is 13.7. The van der Waals surface area contributed by atoms with Gasteiger partial charge in [-0.2, -0.15) is 0 Å². The molecule has 0 amide bonds. The Balaban J connectivity index is 1.43. The highest BCUT2D eigenvalue weighted by molar-refractivity contribution is 5.77. The first-order valence-corrected chi connectivity index (χ1v) is 18.9. The lowest BCUT2D eigenvalue weighted by Gasteiger charge is -2.47. The van der Waals surface area contributed by atoms with Gasteiger partial charge in [0.05, 0.1) is 41.9 Å². The van der Waals surface area contributed by atoms with Gasteiger partial charge in [-0.25, -0.2) is 0 Å². The van der Waals surface area contributed by atoms with E-state index in [0.29, 0.717) is 42.5 Å². The summed E-state index contributed by atoms with van der Waals surface area (Å²) in [6.45, 7) is 26.6. The maximum absolute atomic E-state index is 13.6. The Morgan fingerprint density at radius 1 is 0.674 bits per heavy atom.